The second-order valence-electron chi connectivity index (χ2n) is 2.96. The summed E-state index contributed by atoms with van der Waals surface area (Å²) in [4.78, 5) is 19.5. The third kappa shape index (κ3) is 1.69. The van der Waals surface area contributed by atoms with Gasteiger partial charge in [-0.05, 0) is 12.1 Å². The average molecular weight is 231 g/mol. The molecule has 0 aliphatic rings. The molecule has 0 unspecified atom stereocenters. The van der Waals surface area contributed by atoms with Crippen LogP contribution in [0.1, 0.15) is 16.3 Å². The van der Waals surface area contributed by atoms with Crippen LogP contribution in [0.5, 0.6) is 0 Å². The number of carboxylic acids is 1. The van der Waals surface area contributed by atoms with Gasteiger partial charge in [-0.3, -0.25) is 0 Å². The van der Waals surface area contributed by atoms with Gasteiger partial charge in [-0.2, -0.15) is 13.2 Å². The van der Waals surface area contributed by atoms with Gasteiger partial charge in [0, 0.05) is 0 Å². The van der Waals surface area contributed by atoms with Crippen LogP contribution in [0.25, 0.3) is 11.2 Å². The van der Waals surface area contributed by atoms with Gasteiger partial charge in [-0.15, -0.1) is 0 Å². The zero-order valence-electron chi connectivity index (χ0n) is 7.54. The maximum absolute atomic E-state index is 12.3. The minimum atomic E-state index is -4.57. The molecule has 2 heterocycles. The number of nitrogens with zero attached hydrogens (tertiary/aromatic N) is 2. The lowest BCUT2D eigenvalue weighted by Gasteiger charge is -2.03. The van der Waals surface area contributed by atoms with E-state index >= 15 is 0 Å². The first kappa shape index (κ1) is 10.4. The van der Waals surface area contributed by atoms with Crippen LogP contribution >= 0.6 is 0 Å². The van der Waals surface area contributed by atoms with Gasteiger partial charge in [0.2, 0.25) is 5.82 Å². The Morgan fingerprint density at radius 2 is 2.00 bits per heavy atom. The Morgan fingerprint density at radius 1 is 1.31 bits per heavy atom. The number of hydrogen-bond donors (Lipinski definition) is 2. The monoisotopic (exact) mass is 231 g/mol. The van der Waals surface area contributed by atoms with Crippen molar-refractivity contribution in [1.29, 1.82) is 0 Å². The minimum Gasteiger partial charge on any atom is -0.475 e. The molecule has 8 heteroatoms. The summed E-state index contributed by atoms with van der Waals surface area (Å²) in [6, 6.07) is 1.84. The number of pyridine rings is 1. The first-order chi connectivity index (χ1) is 7.38. The van der Waals surface area contributed by atoms with Crippen molar-refractivity contribution in [2.75, 3.05) is 0 Å². The molecular weight excluding hydrogens is 227 g/mol. The van der Waals surface area contributed by atoms with Crippen LogP contribution in [0.4, 0.5) is 13.2 Å². The van der Waals surface area contributed by atoms with Crippen molar-refractivity contribution in [2.24, 2.45) is 0 Å². The van der Waals surface area contributed by atoms with Gasteiger partial charge < -0.3 is 10.1 Å². The summed E-state index contributed by atoms with van der Waals surface area (Å²) in [5.41, 5.74) is -1.24. The molecule has 0 aliphatic carbocycles. The fraction of sp³-hybridized carbons (Fsp3) is 0.125. The highest BCUT2D eigenvalue weighted by atomic mass is 19.4. The van der Waals surface area contributed by atoms with E-state index in [9.17, 15) is 18.0 Å². The third-order valence-electron chi connectivity index (χ3n) is 1.84. The highest BCUT2D eigenvalue weighted by molar-refractivity contribution is 5.87. The zero-order chi connectivity index (χ0) is 11.9. The highest BCUT2D eigenvalue weighted by Crippen LogP contribution is 2.28. The first-order valence-corrected chi connectivity index (χ1v) is 4.05. The molecule has 0 saturated carbocycles. The van der Waals surface area contributed by atoms with Gasteiger partial charge in [-0.25, -0.2) is 14.8 Å². The number of H-pyrrole nitrogens is 1. The zero-order valence-corrected chi connectivity index (χ0v) is 7.54. The van der Waals surface area contributed by atoms with Crippen LogP contribution < -0.4 is 0 Å². The fourth-order valence-electron chi connectivity index (χ4n) is 1.15. The maximum atomic E-state index is 12.3. The molecule has 0 radical (unpaired) electrons. The topological polar surface area (TPSA) is 78.9 Å². The lowest BCUT2D eigenvalue weighted by molar-refractivity contribution is -0.141. The van der Waals surface area contributed by atoms with Gasteiger partial charge >= 0.3 is 12.1 Å². The van der Waals surface area contributed by atoms with Crippen LogP contribution in [-0.2, 0) is 6.18 Å². The van der Waals surface area contributed by atoms with Crippen molar-refractivity contribution >= 4 is 17.1 Å². The van der Waals surface area contributed by atoms with Crippen LogP contribution in [0.3, 0.4) is 0 Å². The van der Waals surface area contributed by atoms with Crippen LogP contribution in [0.2, 0.25) is 0 Å². The number of aromatic carboxylic acids is 1. The summed E-state index contributed by atoms with van der Waals surface area (Å²) in [5.74, 6) is -1.80. The number of alkyl halides is 3. The van der Waals surface area contributed by atoms with Crippen molar-refractivity contribution in [1.82, 2.24) is 15.0 Å². The van der Waals surface area contributed by atoms with Crippen molar-refractivity contribution in [3.63, 3.8) is 0 Å². The largest absolute Gasteiger partial charge is 0.475 e. The van der Waals surface area contributed by atoms with Gasteiger partial charge in [0.15, 0.2) is 5.65 Å². The number of nitrogens with one attached hydrogen (secondary N) is 1. The average Bonchev–Trinajstić information content (AvgIpc) is 2.58. The van der Waals surface area contributed by atoms with E-state index in [-0.39, 0.29) is 11.2 Å². The highest BCUT2D eigenvalue weighted by Gasteiger charge is 2.32. The summed E-state index contributed by atoms with van der Waals surface area (Å²) < 4.78 is 36.8. The van der Waals surface area contributed by atoms with Crippen molar-refractivity contribution in [3.8, 4) is 0 Å². The number of imidazole rings is 1. The predicted octanol–water partition coefficient (Wildman–Crippen LogP) is 1.67. The quantitative estimate of drug-likeness (QED) is 0.782. The number of carboxylic acid groups (broad SMARTS) is 1. The Balaban J connectivity index is 2.58. The molecule has 0 aromatic carbocycles. The summed E-state index contributed by atoms with van der Waals surface area (Å²) in [6.45, 7) is 0. The van der Waals surface area contributed by atoms with Crippen molar-refractivity contribution in [3.05, 3.63) is 23.7 Å². The van der Waals surface area contributed by atoms with E-state index in [0.29, 0.717) is 0 Å². The molecule has 0 bridgehead atoms. The molecule has 0 amide bonds. The Labute approximate surface area is 85.9 Å². The van der Waals surface area contributed by atoms with E-state index in [1.165, 1.54) is 0 Å². The third-order valence-corrected chi connectivity index (χ3v) is 1.84. The number of aromatic nitrogens is 3. The molecule has 2 rings (SSSR count). The van der Waals surface area contributed by atoms with E-state index in [0.717, 1.165) is 12.1 Å². The SMILES string of the molecule is O=C(O)c1nc2nc(C(F)(F)F)ccc2[nH]1. The normalized spacial score (nSPS) is 11.9. The molecule has 2 aromatic heterocycles. The lowest BCUT2D eigenvalue weighted by Crippen LogP contribution is -2.07. The Morgan fingerprint density at radius 3 is 2.56 bits per heavy atom. The number of halogens is 3. The molecule has 0 aliphatic heterocycles. The second kappa shape index (κ2) is 3.19. The molecule has 84 valence electrons. The van der Waals surface area contributed by atoms with E-state index in [1.807, 2.05) is 0 Å². The molecule has 2 N–H and O–H groups in total. The molecule has 2 aromatic rings. The summed E-state index contributed by atoms with van der Waals surface area (Å²) >= 11 is 0. The summed E-state index contributed by atoms with van der Waals surface area (Å²) in [7, 11) is 0. The number of aromatic amines is 1. The van der Waals surface area contributed by atoms with Crippen molar-refractivity contribution in [2.45, 2.75) is 6.18 Å². The molecular formula is C8H4F3N3O2. The van der Waals surface area contributed by atoms with E-state index < -0.39 is 23.7 Å². The Hall–Kier alpha value is -2.12. The molecule has 0 spiro atoms. The van der Waals surface area contributed by atoms with E-state index in [2.05, 4.69) is 15.0 Å². The first-order valence-electron chi connectivity index (χ1n) is 4.05. The lowest BCUT2D eigenvalue weighted by atomic mass is 10.3. The maximum Gasteiger partial charge on any atom is 0.433 e. The summed E-state index contributed by atoms with van der Waals surface area (Å²) in [5, 5.41) is 8.57. The second-order valence-corrected chi connectivity index (χ2v) is 2.96. The fourth-order valence-corrected chi connectivity index (χ4v) is 1.15. The smallest absolute Gasteiger partial charge is 0.433 e. The molecule has 5 nitrogen and oxygen atoms in total. The number of hydrogen-bond acceptors (Lipinski definition) is 3. The van der Waals surface area contributed by atoms with Crippen LogP contribution in [0, 0.1) is 0 Å². The number of rotatable bonds is 1. The van der Waals surface area contributed by atoms with Gasteiger partial charge in [0.1, 0.15) is 5.69 Å². The van der Waals surface area contributed by atoms with E-state index in [1.54, 1.807) is 0 Å². The minimum absolute atomic E-state index is 0.144. The Kier molecular flexibility index (Phi) is 2.07. The molecule has 0 saturated heterocycles. The van der Waals surface area contributed by atoms with E-state index in [4.69, 9.17) is 5.11 Å². The Bertz CT molecular complexity index is 561. The van der Waals surface area contributed by atoms with Crippen LogP contribution in [-0.4, -0.2) is 26.0 Å². The molecule has 0 atom stereocenters. The predicted molar refractivity (Wildman–Crippen MR) is 45.9 cm³/mol. The standard InChI is InChI=1S/C8H4F3N3O2/c9-8(10,11)4-2-1-3-5(13-4)14-6(12-3)7(15)16/h1-2H,(H,15,16)(H,12,13,14). The number of carbonyl (C=O) groups is 1. The number of fused-ring (bicyclic) bond motifs is 1. The van der Waals surface area contributed by atoms with Gasteiger partial charge in [-0.1, -0.05) is 0 Å². The van der Waals surface area contributed by atoms with Crippen molar-refractivity contribution < 1.29 is 23.1 Å². The molecule has 16 heavy (non-hydrogen) atoms. The van der Waals surface area contributed by atoms with Gasteiger partial charge in [0.25, 0.3) is 0 Å². The van der Waals surface area contributed by atoms with Gasteiger partial charge in [0.05, 0.1) is 5.52 Å². The summed E-state index contributed by atoms with van der Waals surface area (Å²) in [6.07, 6.45) is -4.57. The van der Waals surface area contributed by atoms with Crippen LogP contribution in [0.15, 0.2) is 12.1 Å². The molecule has 0 fully saturated rings.